The van der Waals surface area contributed by atoms with Crippen LogP contribution in [0, 0.1) is 23.3 Å². The number of carbonyl (C=O) groups is 1. The fraction of sp³-hybridized carbons (Fsp3) is 0.167. The lowest BCUT2D eigenvalue weighted by atomic mass is 10.0. The van der Waals surface area contributed by atoms with Crippen molar-refractivity contribution in [1.82, 2.24) is 14.5 Å². The Morgan fingerprint density at radius 2 is 1.73 bits per heavy atom. The summed E-state index contributed by atoms with van der Waals surface area (Å²) in [5, 5.41) is 9.37. The molecule has 0 spiro atoms. The summed E-state index contributed by atoms with van der Waals surface area (Å²) in [6.07, 6.45) is -0.0698. The largest absolute Gasteiger partial charge is 0.478 e. The number of ether oxygens (including phenoxy) is 2. The molecule has 7 nitrogen and oxygen atoms in total. The van der Waals surface area contributed by atoms with E-state index in [0.717, 1.165) is 30.3 Å². The lowest BCUT2D eigenvalue weighted by Gasteiger charge is -2.12. The van der Waals surface area contributed by atoms with E-state index in [9.17, 15) is 18.7 Å². The number of imidazole rings is 1. The number of aromatic carboxylic acids is 1. The third kappa shape index (κ3) is 6.04. The van der Waals surface area contributed by atoms with Gasteiger partial charge in [0.1, 0.15) is 35.7 Å². The van der Waals surface area contributed by atoms with Crippen molar-refractivity contribution in [2.75, 3.05) is 13.7 Å². The van der Waals surface area contributed by atoms with Gasteiger partial charge in [0.2, 0.25) is 5.88 Å². The molecule has 0 aliphatic heterocycles. The van der Waals surface area contributed by atoms with Crippen molar-refractivity contribution in [3.8, 4) is 17.1 Å². The molecule has 210 valence electrons. The zero-order valence-electron chi connectivity index (χ0n) is 21.7. The van der Waals surface area contributed by atoms with E-state index in [1.165, 1.54) is 37.4 Å². The first kappa shape index (κ1) is 27.8. The summed E-state index contributed by atoms with van der Waals surface area (Å²) >= 11 is 0. The maximum atomic E-state index is 15.3. The van der Waals surface area contributed by atoms with Crippen LogP contribution in [-0.2, 0) is 24.3 Å². The normalized spacial score (nSPS) is 11.2. The number of hydrogen-bond acceptors (Lipinski definition) is 5. The Kier molecular flexibility index (Phi) is 7.97. The van der Waals surface area contributed by atoms with E-state index in [-0.39, 0.29) is 46.9 Å². The number of carboxylic acids is 1. The number of carboxylic acid groups (broad SMARTS) is 1. The molecule has 0 fully saturated rings. The van der Waals surface area contributed by atoms with E-state index in [4.69, 9.17) is 9.47 Å². The van der Waals surface area contributed by atoms with Crippen LogP contribution >= 0.6 is 0 Å². The summed E-state index contributed by atoms with van der Waals surface area (Å²) < 4.78 is 70.3. The molecule has 5 aromatic rings. The average molecular weight is 566 g/mol. The zero-order chi connectivity index (χ0) is 29.1. The van der Waals surface area contributed by atoms with Gasteiger partial charge >= 0.3 is 5.97 Å². The summed E-state index contributed by atoms with van der Waals surface area (Å²) in [7, 11) is 1.52. The highest BCUT2D eigenvalue weighted by Gasteiger charge is 2.18. The van der Waals surface area contributed by atoms with E-state index < -0.39 is 29.2 Å². The first-order valence-electron chi connectivity index (χ1n) is 12.5. The van der Waals surface area contributed by atoms with Gasteiger partial charge in [0.05, 0.1) is 28.9 Å². The molecule has 0 unspecified atom stereocenters. The zero-order valence-corrected chi connectivity index (χ0v) is 21.7. The first-order valence-corrected chi connectivity index (χ1v) is 12.5. The monoisotopic (exact) mass is 565 g/mol. The van der Waals surface area contributed by atoms with Crippen LogP contribution in [0.1, 0.15) is 27.3 Å². The molecule has 0 radical (unpaired) electrons. The average Bonchev–Trinajstić information content (AvgIpc) is 3.30. The lowest BCUT2D eigenvalue weighted by molar-refractivity contribution is 0.0697. The van der Waals surface area contributed by atoms with E-state index in [2.05, 4.69) is 9.97 Å². The number of methoxy groups -OCH3 is 1. The summed E-state index contributed by atoms with van der Waals surface area (Å²) in [6.45, 7) is 0.305. The summed E-state index contributed by atoms with van der Waals surface area (Å²) in [6, 6.07) is 14.0. The Bertz CT molecular complexity index is 1760. The Morgan fingerprint density at radius 1 is 0.902 bits per heavy atom. The Hall–Kier alpha value is -4.77. The van der Waals surface area contributed by atoms with Gasteiger partial charge in [-0.15, -0.1) is 0 Å². The van der Waals surface area contributed by atoms with Crippen molar-refractivity contribution >= 4 is 17.0 Å². The second-order valence-electron chi connectivity index (χ2n) is 9.17. The molecule has 3 aromatic carbocycles. The lowest BCUT2D eigenvalue weighted by Crippen LogP contribution is -2.10. The van der Waals surface area contributed by atoms with Gasteiger partial charge < -0.3 is 19.1 Å². The number of halogens is 4. The third-order valence-electron chi connectivity index (χ3n) is 6.46. The van der Waals surface area contributed by atoms with Gasteiger partial charge in [-0.2, -0.15) is 0 Å². The summed E-state index contributed by atoms with van der Waals surface area (Å²) in [5.74, 6) is -3.39. The molecule has 1 N–H and O–H groups in total. The summed E-state index contributed by atoms with van der Waals surface area (Å²) in [5.41, 5.74) is 1.10. The van der Waals surface area contributed by atoms with E-state index in [1.807, 2.05) is 0 Å². The number of hydrogen-bond donors (Lipinski definition) is 1. The van der Waals surface area contributed by atoms with Crippen molar-refractivity contribution in [3.05, 3.63) is 113 Å². The van der Waals surface area contributed by atoms with Gasteiger partial charge in [-0.1, -0.05) is 6.07 Å². The minimum absolute atomic E-state index is 0.0163. The van der Waals surface area contributed by atoms with Crippen molar-refractivity contribution in [3.63, 3.8) is 0 Å². The Labute approximate surface area is 231 Å². The Morgan fingerprint density at radius 3 is 2.51 bits per heavy atom. The van der Waals surface area contributed by atoms with Crippen LogP contribution < -0.4 is 4.74 Å². The van der Waals surface area contributed by atoms with Gasteiger partial charge in [-0.05, 0) is 60.2 Å². The fourth-order valence-electron chi connectivity index (χ4n) is 4.41. The maximum Gasteiger partial charge on any atom is 0.335 e. The predicted octanol–water partition coefficient (Wildman–Crippen LogP) is 6.17. The van der Waals surface area contributed by atoms with Crippen LogP contribution in [0.2, 0.25) is 0 Å². The van der Waals surface area contributed by atoms with E-state index in [1.54, 1.807) is 10.6 Å². The molecule has 2 aromatic heterocycles. The van der Waals surface area contributed by atoms with Gasteiger partial charge in [0.25, 0.3) is 0 Å². The van der Waals surface area contributed by atoms with Crippen LogP contribution in [0.4, 0.5) is 17.6 Å². The molecular formula is C30H23F4N3O4. The maximum absolute atomic E-state index is 15.3. The molecule has 0 atom stereocenters. The van der Waals surface area contributed by atoms with Crippen LogP contribution in [0.5, 0.6) is 5.88 Å². The highest BCUT2D eigenvalue weighted by atomic mass is 19.1. The topological polar surface area (TPSA) is 86.5 Å². The molecule has 0 amide bonds. The molecule has 0 bridgehead atoms. The SMILES string of the molecule is COCCn1c(Cc2cc(F)c(-c3cccc(OCc4cc(F)ccc4F)n3)cc2F)nc2ccc(C(=O)O)cc21. The third-order valence-corrected chi connectivity index (χ3v) is 6.46. The van der Waals surface area contributed by atoms with Crippen molar-refractivity contribution < 1.29 is 36.9 Å². The quantitative estimate of drug-likeness (QED) is 0.204. The fourth-order valence-corrected chi connectivity index (χ4v) is 4.41. The standard InChI is InChI=1S/C30H23F4N3O4/c1-40-10-9-37-27-13-17(30(38)39)5-8-26(27)35-28(37)14-18-12-24(34)21(15-23(18)33)25-3-2-4-29(36-25)41-16-19-11-20(31)6-7-22(19)32/h2-8,11-13,15H,9-10,14,16H2,1H3,(H,38,39). The molecule has 0 aliphatic carbocycles. The van der Waals surface area contributed by atoms with Crippen LogP contribution in [0.25, 0.3) is 22.3 Å². The Balaban J connectivity index is 1.42. The summed E-state index contributed by atoms with van der Waals surface area (Å²) in [4.78, 5) is 20.2. The van der Waals surface area contributed by atoms with Gasteiger partial charge in [0, 0.05) is 37.3 Å². The van der Waals surface area contributed by atoms with Crippen LogP contribution in [0.15, 0.2) is 66.7 Å². The molecule has 5 rings (SSSR count). The smallest absolute Gasteiger partial charge is 0.335 e. The molecular weight excluding hydrogens is 542 g/mol. The molecule has 11 heteroatoms. The molecule has 0 aliphatic rings. The first-order chi connectivity index (χ1) is 19.7. The molecule has 2 heterocycles. The number of pyridine rings is 1. The van der Waals surface area contributed by atoms with Crippen molar-refractivity contribution in [2.45, 2.75) is 19.6 Å². The highest BCUT2D eigenvalue weighted by molar-refractivity contribution is 5.92. The van der Waals surface area contributed by atoms with Crippen LogP contribution in [-0.4, -0.2) is 39.3 Å². The van der Waals surface area contributed by atoms with Crippen LogP contribution in [0.3, 0.4) is 0 Å². The predicted molar refractivity (Wildman–Crippen MR) is 142 cm³/mol. The van der Waals surface area contributed by atoms with Crippen molar-refractivity contribution in [1.29, 1.82) is 0 Å². The molecule has 0 saturated carbocycles. The van der Waals surface area contributed by atoms with Crippen molar-refractivity contribution in [2.24, 2.45) is 0 Å². The number of rotatable bonds is 10. The van der Waals surface area contributed by atoms with Gasteiger partial charge in [-0.25, -0.2) is 32.3 Å². The number of aromatic nitrogens is 3. The highest BCUT2D eigenvalue weighted by Crippen LogP contribution is 2.28. The minimum Gasteiger partial charge on any atom is -0.478 e. The number of nitrogens with zero attached hydrogens (tertiary/aromatic N) is 3. The van der Waals surface area contributed by atoms with Gasteiger partial charge in [-0.3, -0.25) is 0 Å². The minimum atomic E-state index is -1.10. The number of fused-ring (bicyclic) bond motifs is 1. The number of benzene rings is 3. The van der Waals surface area contributed by atoms with E-state index in [0.29, 0.717) is 30.0 Å². The van der Waals surface area contributed by atoms with Gasteiger partial charge in [0.15, 0.2) is 0 Å². The second kappa shape index (κ2) is 11.8. The molecule has 0 saturated heterocycles. The second-order valence-corrected chi connectivity index (χ2v) is 9.17. The molecule has 41 heavy (non-hydrogen) atoms. The van der Waals surface area contributed by atoms with E-state index >= 15 is 8.78 Å².